The number of carbonyl (C=O) groups is 1. The zero-order valence-electron chi connectivity index (χ0n) is 12.4. The van der Waals surface area contributed by atoms with Gasteiger partial charge in [0, 0.05) is 12.6 Å². The molecule has 102 valence electrons. The fourth-order valence-corrected chi connectivity index (χ4v) is 1.53. The van der Waals surface area contributed by atoms with Crippen LogP contribution in [0.15, 0.2) is 0 Å². The van der Waals surface area contributed by atoms with Crippen LogP contribution in [-0.2, 0) is 4.79 Å². The minimum Gasteiger partial charge on any atom is -0.353 e. The molecule has 0 saturated carbocycles. The van der Waals surface area contributed by atoms with Crippen LogP contribution in [0.25, 0.3) is 0 Å². The summed E-state index contributed by atoms with van der Waals surface area (Å²) in [4.78, 5) is 11.6. The highest BCUT2D eigenvalue weighted by atomic mass is 16.1. The highest BCUT2D eigenvalue weighted by Gasteiger charge is 2.21. The smallest absolute Gasteiger partial charge is 0.234 e. The molecule has 0 aliphatic carbocycles. The van der Waals surface area contributed by atoms with E-state index in [0.717, 1.165) is 19.4 Å². The maximum absolute atomic E-state index is 11.6. The summed E-state index contributed by atoms with van der Waals surface area (Å²) in [6.07, 6.45) is 2.15. The van der Waals surface area contributed by atoms with Gasteiger partial charge in [-0.2, -0.15) is 0 Å². The number of hydrogen-bond acceptors (Lipinski definition) is 2. The van der Waals surface area contributed by atoms with Crippen molar-refractivity contribution in [2.24, 2.45) is 11.3 Å². The fraction of sp³-hybridized carbons (Fsp3) is 0.929. The van der Waals surface area contributed by atoms with E-state index in [4.69, 9.17) is 0 Å². The molecule has 2 N–H and O–H groups in total. The Balaban J connectivity index is 3.79. The summed E-state index contributed by atoms with van der Waals surface area (Å²) in [5.41, 5.74) is 0.231. The van der Waals surface area contributed by atoms with E-state index in [1.165, 1.54) is 0 Å². The van der Waals surface area contributed by atoms with Crippen molar-refractivity contribution in [1.82, 2.24) is 10.6 Å². The Morgan fingerprint density at radius 3 is 2.29 bits per heavy atom. The zero-order chi connectivity index (χ0) is 13.5. The summed E-state index contributed by atoms with van der Waals surface area (Å²) in [6.45, 7) is 14.4. The Hall–Kier alpha value is -0.570. The van der Waals surface area contributed by atoms with Gasteiger partial charge in [-0.25, -0.2) is 0 Å². The van der Waals surface area contributed by atoms with Gasteiger partial charge in [-0.1, -0.05) is 41.0 Å². The first-order chi connectivity index (χ1) is 7.79. The Kier molecular flexibility index (Phi) is 7.44. The van der Waals surface area contributed by atoms with Crippen molar-refractivity contribution in [2.75, 3.05) is 13.1 Å². The van der Waals surface area contributed by atoms with Crippen LogP contribution in [0.3, 0.4) is 0 Å². The van der Waals surface area contributed by atoms with Gasteiger partial charge < -0.3 is 10.6 Å². The predicted molar refractivity (Wildman–Crippen MR) is 74.0 cm³/mol. The predicted octanol–water partition coefficient (Wildman–Crippen LogP) is 2.56. The van der Waals surface area contributed by atoms with Crippen LogP contribution >= 0.6 is 0 Å². The summed E-state index contributed by atoms with van der Waals surface area (Å²) in [7, 11) is 0. The molecule has 3 heteroatoms. The Morgan fingerprint density at radius 1 is 1.24 bits per heavy atom. The molecule has 0 aromatic rings. The normalized spacial score (nSPS) is 13.8. The second kappa shape index (κ2) is 7.70. The Labute approximate surface area is 107 Å². The molecule has 0 rings (SSSR count). The van der Waals surface area contributed by atoms with E-state index < -0.39 is 0 Å². The quantitative estimate of drug-likeness (QED) is 0.687. The number of amides is 1. The molecule has 0 aromatic carbocycles. The molecule has 0 aliphatic heterocycles. The van der Waals surface area contributed by atoms with Crippen LogP contribution in [-0.4, -0.2) is 25.0 Å². The molecule has 0 heterocycles. The molecule has 1 amide bonds. The van der Waals surface area contributed by atoms with Crippen molar-refractivity contribution < 1.29 is 4.79 Å². The van der Waals surface area contributed by atoms with E-state index in [1.54, 1.807) is 0 Å². The van der Waals surface area contributed by atoms with E-state index >= 15 is 0 Å². The Bertz CT molecular complexity index is 224. The third-order valence-corrected chi connectivity index (χ3v) is 3.56. The van der Waals surface area contributed by atoms with Crippen LogP contribution < -0.4 is 10.6 Å². The summed E-state index contributed by atoms with van der Waals surface area (Å²) in [5, 5.41) is 6.24. The molecule has 17 heavy (non-hydrogen) atoms. The summed E-state index contributed by atoms with van der Waals surface area (Å²) < 4.78 is 0. The molecule has 0 saturated heterocycles. The van der Waals surface area contributed by atoms with Gasteiger partial charge in [-0.15, -0.1) is 0 Å². The van der Waals surface area contributed by atoms with Gasteiger partial charge in [0.25, 0.3) is 0 Å². The first-order valence-electron chi connectivity index (χ1n) is 6.79. The Morgan fingerprint density at radius 2 is 1.82 bits per heavy atom. The third kappa shape index (κ3) is 7.37. The maximum Gasteiger partial charge on any atom is 0.234 e. The molecule has 1 atom stereocenters. The molecule has 1 unspecified atom stereocenters. The zero-order valence-corrected chi connectivity index (χ0v) is 12.4. The number of nitrogens with one attached hydrogen (secondary N) is 2. The van der Waals surface area contributed by atoms with E-state index in [0.29, 0.717) is 12.5 Å². The molecule has 0 radical (unpaired) electrons. The fourth-order valence-electron chi connectivity index (χ4n) is 1.53. The van der Waals surface area contributed by atoms with Crippen LogP contribution in [0.1, 0.15) is 54.4 Å². The minimum atomic E-state index is 0.102. The first-order valence-corrected chi connectivity index (χ1v) is 6.79. The topological polar surface area (TPSA) is 41.1 Å². The van der Waals surface area contributed by atoms with Gasteiger partial charge in [0.1, 0.15) is 0 Å². The molecule has 0 bridgehead atoms. The largest absolute Gasteiger partial charge is 0.353 e. The van der Waals surface area contributed by atoms with Crippen molar-refractivity contribution in [3.8, 4) is 0 Å². The lowest BCUT2D eigenvalue weighted by atomic mass is 9.81. The average Bonchev–Trinajstić information content (AvgIpc) is 2.16. The second-order valence-electron chi connectivity index (χ2n) is 6.00. The lowest BCUT2D eigenvalue weighted by molar-refractivity contribution is -0.120. The summed E-state index contributed by atoms with van der Waals surface area (Å²) in [6, 6.07) is 0.285. The molecule has 0 fully saturated rings. The second-order valence-corrected chi connectivity index (χ2v) is 6.00. The van der Waals surface area contributed by atoms with E-state index in [9.17, 15) is 4.79 Å². The molecule has 0 aliphatic rings. The van der Waals surface area contributed by atoms with E-state index in [1.807, 2.05) is 0 Å². The molecule has 0 aromatic heterocycles. The van der Waals surface area contributed by atoms with Crippen molar-refractivity contribution >= 4 is 5.91 Å². The van der Waals surface area contributed by atoms with Crippen molar-refractivity contribution in [3.63, 3.8) is 0 Å². The van der Waals surface area contributed by atoms with Gasteiger partial charge in [-0.05, 0) is 24.7 Å². The van der Waals surface area contributed by atoms with Gasteiger partial charge in [0.05, 0.1) is 6.54 Å². The summed E-state index contributed by atoms with van der Waals surface area (Å²) in [5.74, 6) is 0.711. The molecular weight excluding hydrogens is 212 g/mol. The maximum atomic E-state index is 11.6. The van der Waals surface area contributed by atoms with Crippen LogP contribution in [0.4, 0.5) is 0 Å². The highest BCUT2D eigenvalue weighted by Crippen LogP contribution is 2.24. The highest BCUT2D eigenvalue weighted by molar-refractivity contribution is 5.78. The minimum absolute atomic E-state index is 0.102. The van der Waals surface area contributed by atoms with Crippen molar-refractivity contribution in [3.05, 3.63) is 0 Å². The monoisotopic (exact) mass is 242 g/mol. The van der Waals surface area contributed by atoms with Crippen molar-refractivity contribution in [2.45, 2.75) is 60.4 Å². The lowest BCUT2D eigenvalue weighted by Gasteiger charge is -2.29. The van der Waals surface area contributed by atoms with Gasteiger partial charge in [-0.3, -0.25) is 4.79 Å². The standard InChI is InChI=1S/C14H30N2O/c1-7-8-12(4)16-13(17)9-15-10-14(5,6)11(2)3/h11-12,15H,7-10H2,1-6H3,(H,16,17). The van der Waals surface area contributed by atoms with Gasteiger partial charge in [0.15, 0.2) is 0 Å². The van der Waals surface area contributed by atoms with Gasteiger partial charge >= 0.3 is 0 Å². The van der Waals surface area contributed by atoms with E-state index in [2.05, 4.69) is 52.2 Å². The van der Waals surface area contributed by atoms with Crippen LogP contribution in [0.5, 0.6) is 0 Å². The van der Waals surface area contributed by atoms with E-state index in [-0.39, 0.29) is 17.4 Å². The number of rotatable bonds is 8. The number of carbonyl (C=O) groups excluding carboxylic acids is 1. The van der Waals surface area contributed by atoms with Crippen molar-refractivity contribution in [1.29, 1.82) is 0 Å². The molecule has 0 spiro atoms. The summed E-state index contributed by atoms with van der Waals surface area (Å²) >= 11 is 0. The number of hydrogen-bond donors (Lipinski definition) is 2. The van der Waals surface area contributed by atoms with Gasteiger partial charge in [0.2, 0.25) is 5.91 Å². The lowest BCUT2D eigenvalue weighted by Crippen LogP contribution is -2.42. The first kappa shape index (κ1) is 16.4. The molecule has 3 nitrogen and oxygen atoms in total. The van der Waals surface area contributed by atoms with Crippen LogP contribution in [0.2, 0.25) is 0 Å². The average molecular weight is 242 g/mol. The third-order valence-electron chi connectivity index (χ3n) is 3.56. The molecular formula is C14H30N2O. The van der Waals surface area contributed by atoms with Crippen LogP contribution in [0, 0.1) is 11.3 Å². The SMILES string of the molecule is CCCC(C)NC(=O)CNCC(C)(C)C(C)C.